The fraction of sp³-hybridized carbons (Fsp3) is 0.235. The first kappa shape index (κ1) is 41.1. The van der Waals surface area contributed by atoms with Crippen LogP contribution in [0.2, 0.25) is 0 Å². The van der Waals surface area contributed by atoms with Crippen molar-refractivity contribution >= 4 is 11.8 Å². The Bertz CT molecular complexity index is 1770. The van der Waals surface area contributed by atoms with Crippen LogP contribution in [0.25, 0.3) is 0 Å². The summed E-state index contributed by atoms with van der Waals surface area (Å²) in [7, 11) is 0. The first-order valence-electron chi connectivity index (χ1n) is 15.0. The zero-order valence-electron chi connectivity index (χ0n) is 27.4. The van der Waals surface area contributed by atoms with Gasteiger partial charge in [-0.15, -0.1) is 0 Å². The van der Waals surface area contributed by atoms with E-state index in [1.165, 1.54) is 40.7 Å². The summed E-state index contributed by atoms with van der Waals surface area (Å²) in [6.45, 7) is 0.816. The molecule has 0 atom stereocenters. The van der Waals surface area contributed by atoms with E-state index in [0.29, 0.717) is 0 Å². The van der Waals surface area contributed by atoms with Crippen LogP contribution >= 0.6 is 0 Å². The quantitative estimate of drug-likeness (QED) is 0.0632. The molecule has 0 unspecified atom stereocenters. The Balaban J connectivity index is 0.000000280. The summed E-state index contributed by atoms with van der Waals surface area (Å²) in [6, 6.07) is 8.07. The zero-order valence-corrected chi connectivity index (χ0v) is 27.4. The lowest BCUT2D eigenvalue weighted by atomic mass is 10.1. The Labute approximate surface area is 291 Å². The third kappa shape index (κ3) is 10.8. The fourth-order valence-electron chi connectivity index (χ4n) is 4.85. The molecule has 0 radical (unpaired) electrons. The minimum Gasteiger partial charge on any atom is -0.503 e. The maximum Gasteiger partial charge on any atom is 0.257 e. The molecule has 2 amide bonds. The Morgan fingerprint density at radius 2 is 0.942 bits per heavy atom. The van der Waals surface area contributed by atoms with Gasteiger partial charge in [0.15, 0.2) is 34.8 Å². The van der Waals surface area contributed by atoms with Gasteiger partial charge in [0.1, 0.15) is 23.3 Å². The maximum atomic E-state index is 14.2. The molecule has 52 heavy (non-hydrogen) atoms. The molecular formula is C34H32F8N4O6. The molecule has 0 aromatic heterocycles. The van der Waals surface area contributed by atoms with Crippen LogP contribution < -0.4 is 11.0 Å². The maximum absolute atomic E-state index is 14.2. The van der Waals surface area contributed by atoms with Crippen molar-refractivity contribution in [1.29, 1.82) is 0 Å². The van der Waals surface area contributed by atoms with Crippen LogP contribution in [0.1, 0.15) is 33.4 Å². The Morgan fingerprint density at radius 1 is 0.538 bits per heavy atom. The molecule has 4 rings (SSSR count). The van der Waals surface area contributed by atoms with Gasteiger partial charge in [0.25, 0.3) is 11.8 Å². The number of phenolic OH excluding ortho intramolecular Hbond substituents is 2. The molecule has 6 N–H and O–H groups in total. The SMILES string of the molecule is Cc1c(F)cc(CN(CC(=O)NO)Cc2cc(F)c(O)c(F)c2)cc1F.Cc1c(F)ccc(CN(CC(=O)NO)Cc2ccc(F)c(O)c2F)c1F. The highest BCUT2D eigenvalue weighted by atomic mass is 19.2. The summed E-state index contributed by atoms with van der Waals surface area (Å²) in [5.74, 6) is -11.8. The Kier molecular flexibility index (Phi) is 14.4. The van der Waals surface area contributed by atoms with Gasteiger partial charge in [-0.05, 0) is 61.4 Å². The fourth-order valence-corrected chi connectivity index (χ4v) is 4.85. The highest BCUT2D eigenvalue weighted by molar-refractivity contribution is 5.77. The molecule has 0 aliphatic heterocycles. The number of rotatable bonds is 12. The Morgan fingerprint density at radius 3 is 1.40 bits per heavy atom. The van der Waals surface area contributed by atoms with Gasteiger partial charge in [-0.1, -0.05) is 12.1 Å². The van der Waals surface area contributed by atoms with Crippen LogP contribution in [-0.2, 0) is 35.8 Å². The van der Waals surface area contributed by atoms with E-state index in [-0.39, 0.29) is 59.6 Å². The molecule has 0 bridgehead atoms. The molecule has 0 aliphatic rings. The average molecular weight is 745 g/mol. The number of phenols is 2. The summed E-state index contributed by atoms with van der Waals surface area (Å²) in [6.07, 6.45) is 0. The number of aromatic hydroxyl groups is 2. The van der Waals surface area contributed by atoms with Crippen molar-refractivity contribution in [3.63, 3.8) is 0 Å². The second kappa shape index (κ2) is 18.3. The van der Waals surface area contributed by atoms with Crippen LogP contribution in [0, 0.1) is 60.4 Å². The van der Waals surface area contributed by atoms with Crippen LogP contribution in [-0.4, -0.2) is 55.3 Å². The molecule has 4 aromatic carbocycles. The van der Waals surface area contributed by atoms with E-state index in [1.807, 2.05) is 0 Å². The number of hydroxylamine groups is 2. The lowest BCUT2D eigenvalue weighted by Gasteiger charge is -2.22. The van der Waals surface area contributed by atoms with Crippen LogP contribution in [0.15, 0.2) is 48.5 Å². The summed E-state index contributed by atoms with van der Waals surface area (Å²) >= 11 is 0. The molecule has 10 nitrogen and oxygen atoms in total. The normalized spacial score (nSPS) is 11.0. The highest BCUT2D eigenvalue weighted by Gasteiger charge is 2.21. The third-order valence-electron chi connectivity index (χ3n) is 7.55. The van der Waals surface area contributed by atoms with E-state index in [0.717, 1.165) is 42.5 Å². The highest BCUT2D eigenvalue weighted by Crippen LogP contribution is 2.26. The standard InChI is InChI=1S/2C17H16F4N2O3/c1-9-12(18)2-10(3-13(9)19)6-23(8-16(24)22-26)7-11-4-14(20)17(25)15(21)5-11;1-9-12(18)4-2-10(15(9)20)6-23(8-14(24)22-26)7-11-3-5-13(19)17(25)16(11)21/h2*2-5,25-26H,6-8H2,1H3,(H,22,24). The van der Waals surface area contributed by atoms with Crippen LogP contribution in [0.5, 0.6) is 11.5 Å². The predicted molar refractivity (Wildman–Crippen MR) is 166 cm³/mol. The molecule has 0 spiro atoms. The van der Waals surface area contributed by atoms with Crippen molar-refractivity contribution in [3.05, 3.63) is 128 Å². The molecule has 18 heteroatoms. The number of nitrogens with zero attached hydrogens (tertiary/aromatic N) is 2. The molecule has 0 heterocycles. The third-order valence-corrected chi connectivity index (χ3v) is 7.55. The van der Waals surface area contributed by atoms with E-state index in [1.54, 1.807) is 0 Å². The smallest absolute Gasteiger partial charge is 0.257 e. The number of halogens is 8. The number of hydrogen-bond acceptors (Lipinski definition) is 8. The van der Waals surface area contributed by atoms with Gasteiger partial charge < -0.3 is 10.2 Å². The minimum atomic E-state index is -1.21. The molecule has 0 saturated carbocycles. The van der Waals surface area contributed by atoms with Gasteiger partial charge in [0.05, 0.1) is 13.1 Å². The van der Waals surface area contributed by atoms with Gasteiger partial charge in [0.2, 0.25) is 0 Å². The second-order valence-corrected chi connectivity index (χ2v) is 11.5. The Hall–Kier alpha value is -5.30. The summed E-state index contributed by atoms with van der Waals surface area (Å²) in [5, 5.41) is 35.8. The van der Waals surface area contributed by atoms with E-state index in [2.05, 4.69) is 0 Å². The van der Waals surface area contributed by atoms with Gasteiger partial charge >= 0.3 is 0 Å². The molecule has 4 aromatic rings. The zero-order chi connectivity index (χ0) is 38.9. The minimum absolute atomic E-state index is 0.0429. The summed E-state index contributed by atoms with van der Waals surface area (Å²) in [5.41, 5.74) is 2.62. The lowest BCUT2D eigenvalue weighted by Crippen LogP contribution is -2.35. The first-order valence-corrected chi connectivity index (χ1v) is 15.0. The van der Waals surface area contributed by atoms with Crippen molar-refractivity contribution < 1.29 is 65.3 Å². The van der Waals surface area contributed by atoms with E-state index < -0.39 is 82.9 Å². The second-order valence-electron chi connectivity index (χ2n) is 11.5. The molecular weight excluding hydrogens is 712 g/mol. The number of carbonyl (C=O) groups excluding carboxylic acids is 2. The lowest BCUT2D eigenvalue weighted by molar-refractivity contribution is -0.131. The topological polar surface area (TPSA) is 146 Å². The molecule has 0 aliphatic carbocycles. The van der Waals surface area contributed by atoms with Crippen molar-refractivity contribution in [2.75, 3.05) is 13.1 Å². The molecule has 0 saturated heterocycles. The van der Waals surface area contributed by atoms with Gasteiger partial charge in [-0.2, -0.15) is 0 Å². The van der Waals surface area contributed by atoms with Gasteiger partial charge in [-0.25, -0.2) is 46.1 Å². The van der Waals surface area contributed by atoms with Crippen molar-refractivity contribution in [3.8, 4) is 11.5 Å². The number of nitrogens with one attached hydrogen (secondary N) is 2. The van der Waals surface area contributed by atoms with Gasteiger partial charge in [0, 0.05) is 48.4 Å². The van der Waals surface area contributed by atoms with Gasteiger partial charge in [-0.3, -0.25) is 29.8 Å². The largest absolute Gasteiger partial charge is 0.503 e. The monoisotopic (exact) mass is 744 g/mol. The van der Waals surface area contributed by atoms with Crippen molar-refractivity contribution in [2.45, 2.75) is 40.0 Å². The number of carbonyl (C=O) groups is 2. The van der Waals surface area contributed by atoms with Crippen molar-refractivity contribution in [2.24, 2.45) is 0 Å². The van der Waals surface area contributed by atoms with E-state index in [4.69, 9.17) is 15.5 Å². The van der Waals surface area contributed by atoms with E-state index >= 15 is 0 Å². The number of hydrogen-bond donors (Lipinski definition) is 6. The first-order chi connectivity index (χ1) is 24.4. The van der Waals surface area contributed by atoms with E-state index in [9.17, 15) is 49.8 Å². The summed E-state index contributed by atoms with van der Waals surface area (Å²) in [4.78, 5) is 25.4. The van der Waals surface area contributed by atoms with Crippen LogP contribution in [0.3, 0.4) is 0 Å². The van der Waals surface area contributed by atoms with Crippen LogP contribution in [0.4, 0.5) is 35.1 Å². The molecule has 280 valence electrons. The number of benzene rings is 4. The predicted octanol–water partition coefficient (Wildman–Crippen LogP) is 5.53. The molecule has 0 fully saturated rings. The van der Waals surface area contributed by atoms with Crippen molar-refractivity contribution in [1.82, 2.24) is 20.8 Å². The average Bonchev–Trinajstić information content (AvgIpc) is 3.09. The number of amides is 2. The summed E-state index contributed by atoms with van der Waals surface area (Å²) < 4.78 is 109.